The maximum Gasteiger partial charge on any atom is 0.0657 e. The molecule has 0 aliphatic rings. The van der Waals surface area contributed by atoms with E-state index in [9.17, 15) is 5.11 Å². The quantitative estimate of drug-likeness (QED) is 0.873. The maximum absolute atomic E-state index is 9.53. The lowest BCUT2D eigenvalue weighted by atomic mass is 9.92. The van der Waals surface area contributed by atoms with E-state index >= 15 is 0 Å². The van der Waals surface area contributed by atoms with Crippen LogP contribution >= 0.6 is 23.2 Å². The molecule has 2 nitrogen and oxygen atoms in total. The van der Waals surface area contributed by atoms with Gasteiger partial charge in [-0.05, 0) is 38.5 Å². The second-order valence-corrected chi connectivity index (χ2v) is 5.26. The van der Waals surface area contributed by atoms with Crippen LogP contribution in [-0.2, 0) is 5.54 Å². The minimum Gasteiger partial charge on any atom is -0.394 e. The smallest absolute Gasteiger partial charge is 0.0657 e. The summed E-state index contributed by atoms with van der Waals surface area (Å²) in [7, 11) is 0. The van der Waals surface area contributed by atoms with Gasteiger partial charge in [-0.25, -0.2) is 0 Å². The predicted octanol–water partition coefficient (Wildman–Crippen LogP) is 3.20. The molecule has 1 rings (SSSR count). The van der Waals surface area contributed by atoms with Gasteiger partial charge in [0, 0.05) is 16.1 Å². The van der Waals surface area contributed by atoms with Crippen molar-refractivity contribution in [1.82, 2.24) is 5.32 Å². The van der Waals surface area contributed by atoms with E-state index in [-0.39, 0.29) is 12.6 Å². The summed E-state index contributed by atoms with van der Waals surface area (Å²) in [5.74, 6) is 0. The summed E-state index contributed by atoms with van der Waals surface area (Å²) in [4.78, 5) is 0. The van der Waals surface area contributed by atoms with Gasteiger partial charge in [0.25, 0.3) is 0 Å². The molecule has 1 aromatic carbocycles. The van der Waals surface area contributed by atoms with Gasteiger partial charge < -0.3 is 10.4 Å². The zero-order valence-corrected chi connectivity index (χ0v) is 11.2. The van der Waals surface area contributed by atoms with Crippen molar-refractivity contribution in [2.75, 3.05) is 6.61 Å². The summed E-state index contributed by atoms with van der Waals surface area (Å²) in [6.07, 6.45) is 0. The van der Waals surface area contributed by atoms with E-state index in [1.165, 1.54) is 0 Å². The van der Waals surface area contributed by atoms with Crippen LogP contribution < -0.4 is 5.32 Å². The molecule has 0 saturated heterocycles. The molecule has 0 aliphatic heterocycles. The van der Waals surface area contributed by atoms with Gasteiger partial charge in [0.2, 0.25) is 0 Å². The van der Waals surface area contributed by atoms with Crippen molar-refractivity contribution in [3.63, 3.8) is 0 Å². The first kappa shape index (κ1) is 13.8. The van der Waals surface area contributed by atoms with Crippen molar-refractivity contribution in [1.29, 1.82) is 0 Å². The SMILES string of the molecule is CC(C)NC(C)(CO)c1ccc(Cl)cc1Cl. The molecule has 0 radical (unpaired) electrons. The largest absolute Gasteiger partial charge is 0.394 e. The summed E-state index contributed by atoms with van der Waals surface area (Å²) in [6.45, 7) is 5.95. The highest BCUT2D eigenvalue weighted by atomic mass is 35.5. The standard InChI is InChI=1S/C12H17Cl2NO/c1-8(2)15-12(3,7-16)10-5-4-9(13)6-11(10)14/h4-6,8,15-16H,7H2,1-3H3. The first-order valence-corrected chi connectivity index (χ1v) is 5.99. The second kappa shape index (κ2) is 5.37. The number of hydrogen-bond acceptors (Lipinski definition) is 2. The van der Waals surface area contributed by atoms with Gasteiger partial charge in [-0.2, -0.15) is 0 Å². The van der Waals surface area contributed by atoms with E-state index in [0.29, 0.717) is 10.0 Å². The Morgan fingerprint density at radius 3 is 2.44 bits per heavy atom. The fourth-order valence-corrected chi connectivity index (χ4v) is 2.40. The van der Waals surface area contributed by atoms with Crippen LogP contribution in [0.2, 0.25) is 10.0 Å². The average Bonchev–Trinajstić information content (AvgIpc) is 2.16. The number of aliphatic hydroxyl groups is 1. The zero-order chi connectivity index (χ0) is 12.3. The maximum atomic E-state index is 9.53. The first-order chi connectivity index (χ1) is 7.39. The van der Waals surface area contributed by atoms with Crippen molar-refractivity contribution in [3.8, 4) is 0 Å². The second-order valence-electron chi connectivity index (χ2n) is 4.41. The molecule has 4 heteroatoms. The minimum absolute atomic E-state index is 0.0213. The summed E-state index contributed by atoms with van der Waals surface area (Å²) in [5.41, 5.74) is 0.310. The molecule has 2 N–H and O–H groups in total. The number of benzene rings is 1. The molecule has 0 fully saturated rings. The fraction of sp³-hybridized carbons (Fsp3) is 0.500. The normalized spacial score (nSPS) is 15.2. The summed E-state index contributed by atoms with van der Waals surface area (Å²) in [6, 6.07) is 5.56. The predicted molar refractivity (Wildman–Crippen MR) is 69.2 cm³/mol. The van der Waals surface area contributed by atoms with Crippen LogP contribution in [0.15, 0.2) is 18.2 Å². The summed E-state index contributed by atoms with van der Waals surface area (Å²) < 4.78 is 0. The first-order valence-electron chi connectivity index (χ1n) is 5.23. The Bertz CT molecular complexity index is 368. The third kappa shape index (κ3) is 3.11. The lowest BCUT2D eigenvalue weighted by Gasteiger charge is -2.32. The zero-order valence-electron chi connectivity index (χ0n) is 9.72. The molecule has 0 aromatic heterocycles. The molecule has 0 amide bonds. The molecule has 0 aliphatic carbocycles. The van der Waals surface area contributed by atoms with Crippen LogP contribution in [0.4, 0.5) is 0 Å². The van der Waals surface area contributed by atoms with Gasteiger partial charge in [0.15, 0.2) is 0 Å². The van der Waals surface area contributed by atoms with Crippen molar-refractivity contribution >= 4 is 23.2 Å². The van der Waals surface area contributed by atoms with Crippen LogP contribution in [-0.4, -0.2) is 17.8 Å². The molecule has 0 spiro atoms. The van der Waals surface area contributed by atoms with Crippen molar-refractivity contribution in [2.45, 2.75) is 32.4 Å². The Kier molecular flexibility index (Phi) is 4.62. The molecule has 90 valence electrons. The van der Waals surface area contributed by atoms with Gasteiger partial charge in [-0.3, -0.25) is 0 Å². The van der Waals surface area contributed by atoms with Crippen LogP contribution in [0.3, 0.4) is 0 Å². The van der Waals surface area contributed by atoms with Crippen molar-refractivity contribution in [2.24, 2.45) is 0 Å². The lowest BCUT2D eigenvalue weighted by Crippen LogP contribution is -2.46. The van der Waals surface area contributed by atoms with E-state index in [1.807, 2.05) is 26.8 Å². The van der Waals surface area contributed by atoms with Gasteiger partial charge in [0.1, 0.15) is 0 Å². The van der Waals surface area contributed by atoms with Gasteiger partial charge >= 0.3 is 0 Å². The highest BCUT2D eigenvalue weighted by Crippen LogP contribution is 2.30. The molecule has 1 atom stereocenters. The topological polar surface area (TPSA) is 32.3 Å². The van der Waals surface area contributed by atoms with Gasteiger partial charge in [0.05, 0.1) is 12.1 Å². The van der Waals surface area contributed by atoms with E-state index in [2.05, 4.69) is 5.32 Å². The van der Waals surface area contributed by atoms with E-state index < -0.39 is 5.54 Å². The highest BCUT2D eigenvalue weighted by Gasteiger charge is 2.28. The molecule has 1 aromatic rings. The lowest BCUT2D eigenvalue weighted by molar-refractivity contribution is 0.166. The highest BCUT2D eigenvalue weighted by molar-refractivity contribution is 6.35. The van der Waals surface area contributed by atoms with Gasteiger partial charge in [-0.1, -0.05) is 29.3 Å². The van der Waals surface area contributed by atoms with E-state index in [4.69, 9.17) is 23.2 Å². The third-order valence-corrected chi connectivity index (χ3v) is 3.00. The minimum atomic E-state index is -0.546. The third-order valence-electron chi connectivity index (χ3n) is 2.45. The monoisotopic (exact) mass is 261 g/mol. The van der Waals surface area contributed by atoms with Crippen molar-refractivity contribution in [3.05, 3.63) is 33.8 Å². The Labute approximate surface area is 107 Å². The molecule has 16 heavy (non-hydrogen) atoms. The molecule has 0 heterocycles. The van der Waals surface area contributed by atoms with Crippen molar-refractivity contribution < 1.29 is 5.11 Å². The van der Waals surface area contributed by atoms with Crippen LogP contribution in [0.1, 0.15) is 26.3 Å². The molecular weight excluding hydrogens is 245 g/mol. The number of hydrogen-bond donors (Lipinski definition) is 2. The Hall–Kier alpha value is -0.280. The van der Waals surface area contributed by atoms with Crippen LogP contribution in [0.5, 0.6) is 0 Å². The molecule has 0 saturated carbocycles. The number of halogens is 2. The Balaban J connectivity index is 3.12. The van der Waals surface area contributed by atoms with E-state index in [1.54, 1.807) is 12.1 Å². The van der Waals surface area contributed by atoms with E-state index in [0.717, 1.165) is 5.56 Å². The van der Waals surface area contributed by atoms with Crippen LogP contribution in [0, 0.1) is 0 Å². The molecular formula is C12H17Cl2NO. The average molecular weight is 262 g/mol. The van der Waals surface area contributed by atoms with Crippen LogP contribution in [0.25, 0.3) is 0 Å². The Morgan fingerprint density at radius 1 is 1.38 bits per heavy atom. The molecule has 0 bridgehead atoms. The number of nitrogens with one attached hydrogen (secondary N) is 1. The number of rotatable bonds is 4. The molecule has 1 unspecified atom stereocenters. The number of aliphatic hydroxyl groups excluding tert-OH is 1. The Morgan fingerprint density at radius 2 is 2.00 bits per heavy atom. The fourth-order valence-electron chi connectivity index (χ4n) is 1.78. The summed E-state index contributed by atoms with van der Waals surface area (Å²) in [5, 5.41) is 14.0. The summed E-state index contributed by atoms with van der Waals surface area (Å²) >= 11 is 12.0. The van der Waals surface area contributed by atoms with Gasteiger partial charge in [-0.15, -0.1) is 0 Å².